The lowest BCUT2D eigenvalue weighted by Crippen LogP contribution is -2.31. The van der Waals surface area contributed by atoms with Gasteiger partial charge in [0, 0.05) is 24.1 Å². The summed E-state index contributed by atoms with van der Waals surface area (Å²) in [6.45, 7) is 0. The minimum absolute atomic E-state index is 0.0404. The number of carbonyl (C=O) groups excluding carboxylic acids is 2. The highest BCUT2D eigenvalue weighted by Crippen LogP contribution is 2.24. The monoisotopic (exact) mass is 432 g/mol. The van der Waals surface area contributed by atoms with Crippen molar-refractivity contribution in [3.8, 4) is 0 Å². The largest absolute Gasteiger partial charge is 0.312 e. The molecule has 0 N–H and O–H groups in total. The normalized spacial score (nSPS) is 10.6. The molecule has 0 spiro atoms. The van der Waals surface area contributed by atoms with Gasteiger partial charge in [0.1, 0.15) is 11.6 Å². The molecular formula is C18H16Cl2F2N2O2S. The summed E-state index contributed by atoms with van der Waals surface area (Å²) in [5.41, 5.74) is 0.188. The number of anilines is 2. The lowest BCUT2D eigenvalue weighted by Gasteiger charge is -2.19. The maximum Gasteiger partial charge on any atom is 0.236 e. The van der Waals surface area contributed by atoms with Gasteiger partial charge >= 0.3 is 0 Å². The zero-order chi connectivity index (χ0) is 20.1. The Hall–Kier alpha value is -1.83. The minimum atomic E-state index is -0.614. The van der Waals surface area contributed by atoms with Crippen LogP contribution in [-0.2, 0) is 9.59 Å². The Morgan fingerprint density at radius 3 is 1.56 bits per heavy atom. The number of thioether (sulfide) groups is 1. The second kappa shape index (κ2) is 9.39. The molecule has 0 aromatic heterocycles. The maximum atomic E-state index is 13.9. The standard InChI is InChI=1S/C18H16Cl2F2N2O2S/c1-23(15-5-3-11(19)7-13(15)21)17(25)9-27-10-18(26)24(2)16-6-4-12(20)8-14(16)22/h3-8H,9-10H2,1-2H3. The molecule has 0 heterocycles. The number of nitrogens with zero attached hydrogens (tertiary/aromatic N) is 2. The molecule has 144 valence electrons. The summed E-state index contributed by atoms with van der Waals surface area (Å²) in [6, 6.07) is 8.01. The third kappa shape index (κ3) is 5.57. The molecule has 0 bridgehead atoms. The van der Waals surface area contributed by atoms with Crippen molar-refractivity contribution in [3.05, 3.63) is 58.1 Å². The van der Waals surface area contributed by atoms with E-state index in [9.17, 15) is 18.4 Å². The molecule has 0 saturated heterocycles. The van der Waals surface area contributed by atoms with Gasteiger partial charge in [-0.25, -0.2) is 8.78 Å². The van der Waals surface area contributed by atoms with Gasteiger partial charge in [0.15, 0.2) is 0 Å². The Kier molecular flexibility index (Phi) is 7.47. The van der Waals surface area contributed by atoms with E-state index >= 15 is 0 Å². The molecule has 4 nitrogen and oxygen atoms in total. The van der Waals surface area contributed by atoms with Crippen LogP contribution < -0.4 is 9.80 Å². The van der Waals surface area contributed by atoms with Crippen LogP contribution in [0.1, 0.15) is 0 Å². The third-order valence-electron chi connectivity index (χ3n) is 3.74. The van der Waals surface area contributed by atoms with Crippen molar-refractivity contribution < 1.29 is 18.4 Å². The van der Waals surface area contributed by atoms with Crippen molar-refractivity contribution in [2.75, 3.05) is 35.4 Å². The molecule has 2 rings (SSSR count). The van der Waals surface area contributed by atoms with Crippen molar-refractivity contribution in [2.45, 2.75) is 0 Å². The van der Waals surface area contributed by atoms with E-state index in [1.54, 1.807) is 0 Å². The Labute approximate surface area is 170 Å². The highest BCUT2D eigenvalue weighted by molar-refractivity contribution is 8.00. The molecule has 27 heavy (non-hydrogen) atoms. The van der Waals surface area contributed by atoms with Crippen LogP contribution >= 0.6 is 35.0 Å². The Balaban J connectivity index is 1.91. The summed E-state index contributed by atoms with van der Waals surface area (Å²) in [7, 11) is 2.87. The molecule has 0 aliphatic carbocycles. The maximum absolute atomic E-state index is 13.9. The van der Waals surface area contributed by atoms with Crippen LogP contribution in [0.2, 0.25) is 10.0 Å². The first-order valence-corrected chi connectivity index (χ1v) is 9.62. The molecule has 0 aliphatic rings. The van der Waals surface area contributed by atoms with E-state index in [-0.39, 0.29) is 44.7 Å². The average molecular weight is 433 g/mol. The van der Waals surface area contributed by atoms with Crippen LogP contribution in [0.4, 0.5) is 20.2 Å². The van der Waals surface area contributed by atoms with Gasteiger partial charge in [0.25, 0.3) is 0 Å². The van der Waals surface area contributed by atoms with Gasteiger partial charge in [-0.2, -0.15) is 0 Å². The summed E-state index contributed by atoms with van der Waals surface area (Å²) in [4.78, 5) is 26.7. The number of halogens is 4. The number of hydrogen-bond donors (Lipinski definition) is 0. The van der Waals surface area contributed by atoms with Gasteiger partial charge in [0.2, 0.25) is 11.8 Å². The van der Waals surface area contributed by atoms with Crippen LogP contribution in [0.5, 0.6) is 0 Å². The van der Waals surface area contributed by atoms with Crippen LogP contribution in [0.15, 0.2) is 36.4 Å². The van der Waals surface area contributed by atoms with Gasteiger partial charge in [-0.3, -0.25) is 9.59 Å². The smallest absolute Gasteiger partial charge is 0.236 e. The van der Waals surface area contributed by atoms with Crippen molar-refractivity contribution in [3.63, 3.8) is 0 Å². The van der Waals surface area contributed by atoms with E-state index in [0.29, 0.717) is 0 Å². The Bertz CT molecular complexity index is 798. The molecule has 2 aromatic rings. The van der Waals surface area contributed by atoms with E-state index < -0.39 is 11.6 Å². The first-order chi connectivity index (χ1) is 12.7. The number of carbonyl (C=O) groups is 2. The third-order valence-corrected chi connectivity index (χ3v) is 5.11. The van der Waals surface area contributed by atoms with Crippen LogP contribution in [-0.4, -0.2) is 37.4 Å². The topological polar surface area (TPSA) is 40.6 Å². The second-order valence-electron chi connectivity index (χ2n) is 5.59. The summed E-state index contributed by atoms with van der Waals surface area (Å²) < 4.78 is 27.8. The molecule has 0 aliphatic heterocycles. The van der Waals surface area contributed by atoms with E-state index in [0.717, 1.165) is 33.7 Å². The number of amides is 2. The van der Waals surface area contributed by atoms with Gasteiger partial charge < -0.3 is 9.80 Å². The fourth-order valence-electron chi connectivity index (χ4n) is 2.19. The number of rotatable bonds is 6. The van der Waals surface area contributed by atoms with Gasteiger partial charge in [0.05, 0.1) is 22.9 Å². The molecule has 9 heteroatoms. The molecular weight excluding hydrogens is 417 g/mol. The predicted molar refractivity (Wildman–Crippen MR) is 107 cm³/mol. The van der Waals surface area contributed by atoms with Crippen LogP contribution in [0.3, 0.4) is 0 Å². The summed E-state index contributed by atoms with van der Waals surface area (Å²) in [6.07, 6.45) is 0. The SMILES string of the molecule is CN(C(=O)CSCC(=O)N(C)c1ccc(Cl)cc1F)c1ccc(Cl)cc1F. The van der Waals surface area contributed by atoms with Crippen molar-refractivity contribution in [1.82, 2.24) is 0 Å². The number of hydrogen-bond acceptors (Lipinski definition) is 3. The number of benzene rings is 2. The first-order valence-electron chi connectivity index (χ1n) is 7.71. The van der Waals surface area contributed by atoms with E-state index in [1.807, 2.05) is 0 Å². The zero-order valence-corrected chi connectivity index (χ0v) is 16.8. The summed E-state index contributed by atoms with van der Waals surface area (Å²) in [5.74, 6) is -2.07. The van der Waals surface area contributed by atoms with E-state index in [4.69, 9.17) is 23.2 Å². The predicted octanol–water partition coefficient (Wildman–Crippen LogP) is 4.63. The van der Waals surface area contributed by atoms with Gasteiger partial charge in [-0.15, -0.1) is 11.8 Å². The zero-order valence-electron chi connectivity index (χ0n) is 14.5. The van der Waals surface area contributed by atoms with Gasteiger partial charge in [-0.1, -0.05) is 23.2 Å². The average Bonchev–Trinajstić information content (AvgIpc) is 2.60. The highest BCUT2D eigenvalue weighted by atomic mass is 35.5. The highest BCUT2D eigenvalue weighted by Gasteiger charge is 2.18. The quantitative estimate of drug-likeness (QED) is 0.667. The van der Waals surface area contributed by atoms with E-state index in [2.05, 4.69) is 0 Å². The summed E-state index contributed by atoms with van der Waals surface area (Å²) in [5, 5.41) is 0.462. The lowest BCUT2D eigenvalue weighted by molar-refractivity contribution is -0.116. The van der Waals surface area contributed by atoms with Crippen LogP contribution in [0.25, 0.3) is 0 Å². The fraction of sp³-hybridized carbons (Fsp3) is 0.222. The van der Waals surface area contributed by atoms with Crippen LogP contribution in [0, 0.1) is 11.6 Å². The van der Waals surface area contributed by atoms with Crippen molar-refractivity contribution >= 4 is 58.2 Å². The van der Waals surface area contributed by atoms with Gasteiger partial charge in [-0.05, 0) is 36.4 Å². The molecule has 0 saturated carbocycles. The molecule has 0 atom stereocenters. The van der Waals surface area contributed by atoms with E-state index in [1.165, 1.54) is 38.4 Å². The Morgan fingerprint density at radius 1 is 0.852 bits per heavy atom. The second-order valence-corrected chi connectivity index (χ2v) is 7.45. The minimum Gasteiger partial charge on any atom is -0.312 e. The Morgan fingerprint density at radius 2 is 1.22 bits per heavy atom. The van der Waals surface area contributed by atoms with Crippen molar-refractivity contribution in [1.29, 1.82) is 0 Å². The van der Waals surface area contributed by atoms with Crippen molar-refractivity contribution in [2.24, 2.45) is 0 Å². The molecule has 0 unspecified atom stereocenters. The summed E-state index contributed by atoms with van der Waals surface area (Å²) >= 11 is 12.4. The molecule has 0 radical (unpaired) electrons. The molecule has 2 amide bonds. The lowest BCUT2D eigenvalue weighted by atomic mass is 10.3. The fourth-order valence-corrected chi connectivity index (χ4v) is 3.35. The molecule has 0 fully saturated rings. The first kappa shape index (κ1) is 21.5. The molecule has 2 aromatic carbocycles.